The van der Waals surface area contributed by atoms with Crippen LogP contribution in [0.1, 0.15) is 109 Å². The maximum absolute atomic E-state index is 11.9. The Balaban J connectivity index is 1.90. The van der Waals surface area contributed by atoms with E-state index in [2.05, 4.69) is 6.92 Å². The van der Waals surface area contributed by atoms with Crippen LogP contribution in [0.15, 0.2) is 24.3 Å². The predicted octanol–water partition coefficient (Wildman–Crippen LogP) is 7.15. The second-order valence-corrected chi connectivity index (χ2v) is 8.44. The van der Waals surface area contributed by atoms with Gasteiger partial charge in [-0.3, -0.25) is 9.59 Å². The zero-order chi connectivity index (χ0) is 23.3. The number of benzene rings is 1. The van der Waals surface area contributed by atoms with Crippen LogP contribution < -0.4 is 4.74 Å². The van der Waals surface area contributed by atoms with E-state index in [1.54, 1.807) is 7.11 Å². The van der Waals surface area contributed by atoms with Crippen molar-refractivity contribution in [1.82, 2.24) is 0 Å². The smallest absolute Gasteiger partial charge is 0.306 e. The van der Waals surface area contributed by atoms with Gasteiger partial charge in [0.15, 0.2) is 0 Å². The number of hydrogen-bond acceptors (Lipinski definition) is 5. The molecule has 0 atom stereocenters. The van der Waals surface area contributed by atoms with Crippen LogP contribution >= 0.6 is 0 Å². The maximum Gasteiger partial charge on any atom is 0.306 e. The first-order chi connectivity index (χ1) is 15.7. The summed E-state index contributed by atoms with van der Waals surface area (Å²) in [6.07, 6.45) is 16.3. The van der Waals surface area contributed by atoms with E-state index in [9.17, 15) is 9.59 Å². The fraction of sp³-hybridized carbons (Fsp3) is 0.704. The first-order valence-electron chi connectivity index (χ1n) is 12.6. The largest absolute Gasteiger partial charge is 0.496 e. The van der Waals surface area contributed by atoms with E-state index < -0.39 is 0 Å². The van der Waals surface area contributed by atoms with Crippen LogP contribution in [0, 0.1) is 0 Å². The van der Waals surface area contributed by atoms with Crippen molar-refractivity contribution in [2.45, 2.75) is 110 Å². The van der Waals surface area contributed by atoms with Gasteiger partial charge in [-0.15, -0.1) is 0 Å². The quantitative estimate of drug-likeness (QED) is 0.156. The lowest BCUT2D eigenvalue weighted by atomic mass is 10.1. The zero-order valence-corrected chi connectivity index (χ0v) is 20.4. The molecular weight excluding hydrogens is 404 g/mol. The highest BCUT2D eigenvalue weighted by Gasteiger charge is 2.09. The summed E-state index contributed by atoms with van der Waals surface area (Å²) < 4.78 is 15.8. The summed E-state index contributed by atoms with van der Waals surface area (Å²) in [6.45, 7) is 2.91. The minimum Gasteiger partial charge on any atom is -0.496 e. The van der Waals surface area contributed by atoms with Crippen molar-refractivity contribution < 1.29 is 23.8 Å². The number of methoxy groups -OCH3 is 1. The summed E-state index contributed by atoms with van der Waals surface area (Å²) in [5, 5.41) is 0. The van der Waals surface area contributed by atoms with Gasteiger partial charge in [0.05, 0.1) is 13.7 Å². The van der Waals surface area contributed by atoms with Gasteiger partial charge in [-0.2, -0.15) is 0 Å². The Morgan fingerprint density at radius 1 is 0.688 bits per heavy atom. The molecule has 1 aromatic rings. The molecule has 0 aliphatic heterocycles. The fourth-order valence-electron chi connectivity index (χ4n) is 3.63. The topological polar surface area (TPSA) is 61.8 Å². The standard InChI is InChI=1S/C27H44O5/c1-3-4-5-6-7-8-9-10-11-12-13-16-22-31-26(28)20-17-21-27(29)32-23-24-18-14-15-19-25(24)30-2/h14-15,18-19H,3-13,16-17,20-23H2,1-2H3. The van der Waals surface area contributed by atoms with Crippen LogP contribution in [0.2, 0.25) is 0 Å². The van der Waals surface area contributed by atoms with Gasteiger partial charge in [-0.1, -0.05) is 95.8 Å². The lowest BCUT2D eigenvalue weighted by Crippen LogP contribution is -2.09. The van der Waals surface area contributed by atoms with Crippen LogP contribution in [-0.2, 0) is 25.7 Å². The fourth-order valence-corrected chi connectivity index (χ4v) is 3.63. The second kappa shape index (κ2) is 19.6. The van der Waals surface area contributed by atoms with Crippen molar-refractivity contribution in [3.05, 3.63) is 29.8 Å². The highest BCUT2D eigenvalue weighted by Crippen LogP contribution is 2.18. The minimum absolute atomic E-state index is 0.173. The van der Waals surface area contributed by atoms with Crippen molar-refractivity contribution >= 4 is 11.9 Å². The Morgan fingerprint density at radius 3 is 1.81 bits per heavy atom. The van der Waals surface area contributed by atoms with Gasteiger partial charge in [-0.25, -0.2) is 0 Å². The molecule has 0 bridgehead atoms. The number of hydrogen-bond donors (Lipinski definition) is 0. The second-order valence-electron chi connectivity index (χ2n) is 8.44. The Hall–Kier alpha value is -2.04. The Kier molecular flexibility index (Phi) is 17.2. The third-order valence-electron chi connectivity index (χ3n) is 5.60. The Bertz CT molecular complexity index is 614. The monoisotopic (exact) mass is 448 g/mol. The number of ether oxygens (including phenoxy) is 3. The van der Waals surface area contributed by atoms with Crippen molar-refractivity contribution in [3.63, 3.8) is 0 Å². The molecule has 0 radical (unpaired) electrons. The molecule has 0 aliphatic carbocycles. The summed E-state index contributed by atoms with van der Waals surface area (Å²) in [7, 11) is 1.59. The highest BCUT2D eigenvalue weighted by molar-refractivity contribution is 5.72. The average molecular weight is 449 g/mol. The van der Waals surface area contributed by atoms with E-state index in [4.69, 9.17) is 14.2 Å². The van der Waals surface area contributed by atoms with Crippen LogP contribution in [0.5, 0.6) is 5.75 Å². The van der Waals surface area contributed by atoms with Gasteiger partial charge in [0.2, 0.25) is 0 Å². The Morgan fingerprint density at radius 2 is 1.22 bits per heavy atom. The molecule has 0 saturated carbocycles. The van der Waals surface area contributed by atoms with Gasteiger partial charge in [0.25, 0.3) is 0 Å². The normalized spacial score (nSPS) is 10.7. The summed E-state index contributed by atoms with van der Waals surface area (Å²) in [6, 6.07) is 7.43. The highest BCUT2D eigenvalue weighted by atomic mass is 16.5. The number of unbranched alkanes of at least 4 members (excludes halogenated alkanes) is 11. The molecule has 0 spiro atoms. The van der Waals surface area contributed by atoms with Gasteiger partial charge in [0.1, 0.15) is 12.4 Å². The predicted molar refractivity (Wildman–Crippen MR) is 129 cm³/mol. The third-order valence-corrected chi connectivity index (χ3v) is 5.60. The van der Waals surface area contributed by atoms with E-state index in [0.717, 1.165) is 18.4 Å². The molecule has 0 heterocycles. The molecule has 182 valence electrons. The number of carbonyl (C=O) groups excluding carboxylic acids is 2. The zero-order valence-electron chi connectivity index (χ0n) is 20.4. The number of carbonyl (C=O) groups is 2. The molecule has 0 amide bonds. The molecular formula is C27H44O5. The lowest BCUT2D eigenvalue weighted by Gasteiger charge is -2.09. The van der Waals surface area contributed by atoms with E-state index in [1.807, 2.05) is 24.3 Å². The van der Waals surface area contributed by atoms with Crippen LogP contribution in [-0.4, -0.2) is 25.7 Å². The molecule has 0 saturated heterocycles. The molecule has 5 nitrogen and oxygen atoms in total. The molecule has 1 aromatic carbocycles. The van der Waals surface area contributed by atoms with E-state index in [-0.39, 0.29) is 31.4 Å². The Labute approximate surface area is 195 Å². The van der Waals surface area contributed by atoms with E-state index in [1.165, 1.54) is 64.2 Å². The minimum atomic E-state index is -0.315. The third kappa shape index (κ3) is 14.9. The number of rotatable bonds is 20. The summed E-state index contributed by atoms with van der Waals surface area (Å²) in [4.78, 5) is 23.7. The molecule has 0 aromatic heterocycles. The average Bonchev–Trinajstić information content (AvgIpc) is 2.81. The van der Waals surface area contributed by atoms with Crippen molar-refractivity contribution in [2.75, 3.05) is 13.7 Å². The van der Waals surface area contributed by atoms with Crippen molar-refractivity contribution in [3.8, 4) is 5.75 Å². The van der Waals surface area contributed by atoms with E-state index >= 15 is 0 Å². The molecule has 5 heteroatoms. The van der Waals surface area contributed by atoms with Gasteiger partial charge < -0.3 is 14.2 Å². The molecule has 1 rings (SSSR count). The first kappa shape index (κ1) is 28.0. The van der Waals surface area contributed by atoms with E-state index in [0.29, 0.717) is 18.8 Å². The first-order valence-corrected chi connectivity index (χ1v) is 12.6. The molecule has 32 heavy (non-hydrogen) atoms. The van der Waals surface area contributed by atoms with Crippen LogP contribution in [0.3, 0.4) is 0 Å². The summed E-state index contributed by atoms with van der Waals surface area (Å²) in [5.41, 5.74) is 0.824. The summed E-state index contributed by atoms with van der Waals surface area (Å²) >= 11 is 0. The van der Waals surface area contributed by atoms with Gasteiger partial charge in [0, 0.05) is 18.4 Å². The van der Waals surface area contributed by atoms with Crippen molar-refractivity contribution in [1.29, 1.82) is 0 Å². The number of para-hydroxylation sites is 1. The van der Waals surface area contributed by atoms with Crippen molar-refractivity contribution in [2.24, 2.45) is 0 Å². The summed E-state index contributed by atoms with van der Waals surface area (Å²) in [5.74, 6) is 0.150. The molecule has 0 aliphatic rings. The SMILES string of the molecule is CCCCCCCCCCCCCCOC(=O)CCCC(=O)OCc1ccccc1OC. The molecule has 0 fully saturated rings. The van der Waals surface area contributed by atoms with Gasteiger partial charge >= 0.3 is 11.9 Å². The lowest BCUT2D eigenvalue weighted by molar-refractivity contribution is -0.146. The van der Waals surface area contributed by atoms with Gasteiger partial charge in [-0.05, 0) is 18.9 Å². The molecule has 0 N–H and O–H groups in total. The van der Waals surface area contributed by atoms with Crippen LogP contribution in [0.25, 0.3) is 0 Å². The maximum atomic E-state index is 11.9. The van der Waals surface area contributed by atoms with Crippen LogP contribution in [0.4, 0.5) is 0 Å². The molecule has 0 unspecified atom stereocenters. The number of esters is 2.